The number of nitrogens with zero attached hydrogens (tertiary/aromatic N) is 1. The Kier molecular flexibility index (Phi) is 5.58. The molecule has 4 rings (SSSR count). The van der Waals surface area contributed by atoms with Gasteiger partial charge in [0.2, 0.25) is 0 Å². The molecule has 0 radical (unpaired) electrons. The van der Waals surface area contributed by atoms with Gasteiger partial charge in [0.15, 0.2) is 11.5 Å². The van der Waals surface area contributed by atoms with Gasteiger partial charge in [-0.05, 0) is 55.2 Å². The van der Waals surface area contributed by atoms with E-state index in [9.17, 15) is 4.79 Å². The fourth-order valence-electron chi connectivity index (χ4n) is 3.38. The van der Waals surface area contributed by atoms with Crippen LogP contribution in [0.25, 0.3) is 11.1 Å². The minimum absolute atomic E-state index is 0.114. The Morgan fingerprint density at radius 1 is 1.21 bits per heavy atom. The van der Waals surface area contributed by atoms with Crippen molar-refractivity contribution in [2.75, 3.05) is 20.3 Å². The number of amides is 1. The van der Waals surface area contributed by atoms with Crippen LogP contribution >= 0.6 is 0 Å². The van der Waals surface area contributed by atoms with Gasteiger partial charge in [-0.25, -0.2) is 4.98 Å². The Labute approximate surface area is 163 Å². The van der Waals surface area contributed by atoms with Crippen LogP contribution in [0.1, 0.15) is 41.1 Å². The van der Waals surface area contributed by atoms with Crippen LogP contribution in [-0.2, 0) is 11.2 Å². The highest BCUT2D eigenvalue weighted by atomic mass is 16.5. The fourth-order valence-corrected chi connectivity index (χ4v) is 3.38. The van der Waals surface area contributed by atoms with Crippen molar-refractivity contribution in [3.63, 3.8) is 0 Å². The van der Waals surface area contributed by atoms with E-state index in [1.807, 2.05) is 30.3 Å². The summed E-state index contributed by atoms with van der Waals surface area (Å²) in [5, 5.41) is 2.95. The molecule has 1 aliphatic rings. The fraction of sp³-hybridized carbons (Fsp3) is 0.364. The van der Waals surface area contributed by atoms with Gasteiger partial charge in [-0.1, -0.05) is 12.1 Å². The molecule has 1 aliphatic heterocycles. The molecule has 0 saturated carbocycles. The van der Waals surface area contributed by atoms with Crippen LogP contribution in [0.3, 0.4) is 0 Å². The van der Waals surface area contributed by atoms with Crippen molar-refractivity contribution in [3.05, 3.63) is 59.5 Å². The van der Waals surface area contributed by atoms with E-state index in [2.05, 4.69) is 10.3 Å². The van der Waals surface area contributed by atoms with Gasteiger partial charge in [-0.2, -0.15) is 0 Å². The molecule has 1 atom stereocenters. The maximum Gasteiger partial charge on any atom is 0.251 e. The molecule has 3 aromatic rings. The number of aromatic nitrogens is 1. The lowest BCUT2D eigenvalue weighted by atomic mass is 10.1. The molecular formula is C22H24N2O4. The summed E-state index contributed by atoms with van der Waals surface area (Å²) >= 11 is 0. The summed E-state index contributed by atoms with van der Waals surface area (Å²) in [6.07, 6.45) is 3.95. The van der Waals surface area contributed by atoms with Gasteiger partial charge in [0.1, 0.15) is 11.3 Å². The second kappa shape index (κ2) is 8.44. The lowest BCUT2D eigenvalue weighted by Crippen LogP contribution is -2.35. The number of oxazole rings is 1. The van der Waals surface area contributed by atoms with E-state index in [-0.39, 0.29) is 12.0 Å². The Morgan fingerprint density at radius 2 is 2.07 bits per heavy atom. The van der Waals surface area contributed by atoms with Crippen LogP contribution in [0, 0.1) is 0 Å². The first-order valence-corrected chi connectivity index (χ1v) is 9.63. The molecule has 0 unspecified atom stereocenters. The summed E-state index contributed by atoms with van der Waals surface area (Å²) in [5.41, 5.74) is 3.01. The largest absolute Gasteiger partial charge is 0.497 e. The molecule has 146 valence electrons. The van der Waals surface area contributed by atoms with Crippen LogP contribution in [0.4, 0.5) is 0 Å². The molecule has 2 aromatic carbocycles. The number of hydrogen-bond donors (Lipinski definition) is 1. The number of nitrogens with one attached hydrogen (secondary N) is 1. The molecule has 6 nitrogen and oxygen atoms in total. The summed E-state index contributed by atoms with van der Waals surface area (Å²) in [4.78, 5) is 17.0. The van der Waals surface area contributed by atoms with Gasteiger partial charge in [0, 0.05) is 25.1 Å². The van der Waals surface area contributed by atoms with Crippen molar-refractivity contribution in [2.45, 2.75) is 31.8 Å². The highest BCUT2D eigenvalue weighted by Gasteiger charge is 2.16. The number of ether oxygens (including phenoxy) is 2. The van der Waals surface area contributed by atoms with Gasteiger partial charge in [0.05, 0.1) is 13.2 Å². The SMILES string of the molecule is COc1ccc(Cc2nc3ccc(C(=O)NC[C@H]4CCCCO4)cc3o2)cc1. The smallest absolute Gasteiger partial charge is 0.251 e. The topological polar surface area (TPSA) is 73.6 Å². The highest BCUT2D eigenvalue weighted by molar-refractivity contribution is 5.97. The number of hydrogen-bond acceptors (Lipinski definition) is 5. The maximum absolute atomic E-state index is 12.4. The van der Waals surface area contributed by atoms with Crippen molar-refractivity contribution in [2.24, 2.45) is 0 Å². The van der Waals surface area contributed by atoms with E-state index in [1.54, 1.807) is 19.2 Å². The Morgan fingerprint density at radius 3 is 2.82 bits per heavy atom. The standard InChI is InChI=1S/C22H24N2O4/c1-26-17-8-5-15(6-9-17)12-21-24-19-10-7-16(13-20(19)28-21)22(25)23-14-18-4-2-3-11-27-18/h5-10,13,18H,2-4,11-12,14H2,1H3,(H,23,25)/t18-/m1/s1. The summed E-state index contributed by atoms with van der Waals surface area (Å²) in [5.74, 6) is 1.31. The van der Waals surface area contributed by atoms with E-state index in [0.29, 0.717) is 30.0 Å². The zero-order chi connectivity index (χ0) is 19.3. The van der Waals surface area contributed by atoms with Gasteiger partial charge in [-0.15, -0.1) is 0 Å². The zero-order valence-electron chi connectivity index (χ0n) is 15.9. The molecule has 0 aliphatic carbocycles. The molecule has 2 heterocycles. The predicted octanol–water partition coefficient (Wildman–Crippen LogP) is 3.73. The van der Waals surface area contributed by atoms with Crippen LogP contribution in [-0.4, -0.2) is 37.3 Å². The third-order valence-electron chi connectivity index (χ3n) is 4.97. The maximum atomic E-state index is 12.4. The quantitative estimate of drug-likeness (QED) is 0.705. The summed E-state index contributed by atoms with van der Waals surface area (Å²) in [6, 6.07) is 13.1. The number of benzene rings is 2. The van der Waals surface area contributed by atoms with Crippen LogP contribution in [0.2, 0.25) is 0 Å². The average Bonchev–Trinajstić information content (AvgIpc) is 3.14. The Balaban J connectivity index is 1.42. The van der Waals surface area contributed by atoms with E-state index < -0.39 is 0 Å². The molecule has 28 heavy (non-hydrogen) atoms. The van der Waals surface area contributed by atoms with Crippen molar-refractivity contribution in [1.29, 1.82) is 0 Å². The monoisotopic (exact) mass is 380 g/mol. The number of rotatable bonds is 6. The normalized spacial score (nSPS) is 16.8. The first kappa shape index (κ1) is 18.5. The summed E-state index contributed by atoms with van der Waals surface area (Å²) in [7, 11) is 1.64. The molecule has 1 amide bonds. The summed E-state index contributed by atoms with van der Waals surface area (Å²) < 4.78 is 16.7. The van der Waals surface area contributed by atoms with Crippen molar-refractivity contribution in [3.8, 4) is 5.75 Å². The Hall–Kier alpha value is -2.86. The summed E-state index contributed by atoms with van der Waals surface area (Å²) in [6.45, 7) is 1.32. The number of carbonyl (C=O) groups is 1. The number of carbonyl (C=O) groups excluding carboxylic acids is 1. The third kappa shape index (κ3) is 4.34. The molecule has 1 N–H and O–H groups in total. The molecular weight excluding hydrogens is 356 g/mol. The van der Waals surface area contributed by atoms with Crippen LogP contribution in [0.5, 0.6) is 5.75 Å². The number of fused-ring (bicyclic) bond motifs is 1. The minimum atomic E-state index is -0.121. The zero-order valence-corrected chi connectivity index (χ0v) is 15.9. The van der Waals surface area contributed by atoms with Crippen LogP contribution < -0.4 is 10.1 Å². The highest BCUT2D eigenvalue weighted by Crippen LogP contribution is 2.21. The van der Waals surface area contributed by atoms with E-state index in [4.69, 9.17) is 13.9 Å². The number of methoxy groups -OCH3 is 1. The average molecular weight is 380 g/mol. The molecule has 0 bridgehead atoms. The van der Waals surface area contributed by atoms with Gasteiger partial charge < -0.3 is 19.2 Å². The Bertz CT molecular complexity index is 943. The van der Waals surface area contributed by atoms with Crippen molar-refractivity contribution < 1.29 is 18.7 Å². The predicted molar refractivity (Wildman–Crippen MR) is 106 cm³/mol. The van der Waals surface area contributed by atoms with Crippen LogP contribution in [0.15, 0.2) is 46.9 Å². The van der Waals surface area contributed by atoms with Gasteiger partial charge in [-0.3, -0.25) is 4.79 Å². The first-order chi connectivity index (χ1) is 13.7. The molecule has 0 spiro atoms. The second-order valence-electron chi connectivity index (χ2n) is 7.01. The van der Waals surface area contributed by atoms with Gasteiger partial charge >= 0.3 is 0 Å². The minimum Gasteiger partial charge on any atom is -0.497 e. The lowest BCUT2D eigenvalue weighted by molar-refractivity contribution is 0.0169. The molecule has 1 saturated heterocycles. The molecule has 1 aromatic heterocycles. The molecule has 1 fully saturated rings. The second-order valence-corrected chi connectivity index (χ2v) is 7.01. The first-order valence-electron chi connectivity index (χ1n) is 9.63. The molecule has 6 heteroatoms. The third-order valence-corrected chi connectivity index (χ3v) is 4.97. The van der Waals surface area contributed by atoms with E-state index >= 15 is 0 Å². The van der Waals surface area contributed by atoms with E-state index in [0.717, 1.165) is 42.7 Å². The van der Waals surface area contributed by atoms with Gasteiger partial charge in [0.25, 0.3) is 5.91 Å². The lowest BCUT2D eigenvalue weighted by Gasteiger charge is -2.22. The van der Waals surface area contributed by atoms with Crippen molar-refractivity contribution >= 4 is 17.0 Å². The van der Waals surface area contributed by atoms with E-state index in [1.165, 1.54) is 0 Å². The van der Waals surface area contributed by atoms with Crippen molar-refractivity contribution in [1.82, 2.24) is 10.3 Å².